The summed E-state index contributed by atoms with van der Waals surface area (Å²) in [4.78, 5) is 31.5. The molecule has 0 saturated heterocycles. The molecule has 1 fully saturated rings. The minimum Gasteiger partial charge on any atom is -0.321 e. The maximum Gasteiger partial charge on any atom is 0.265 e. The SMILES string of the molecule is CN(Cc1cccc(NC(=O)c2ccc(NC(=O)C3CC3)s2)c1)Cc1cscn1. The highest BCUT2D eigenvalue weighted by Gasteiger charge is 2.29. The number of nitrogens with zero attached hydrogens (tertiary/aromatic N) is 2. The number of anilines is 2. The molecule has 8 heteroatoms. The van der Waals surface area contributed by atoms with Crippen LogP contribution in [0.15, 0.2) is 47.3 Å². The molecule has 1 aliphatic carbocycles. The molecule has 3 aromatic rings. The van der Waals surface area contributed by atoms with Crippen LogP contribution in [0.4, 0.5) is 10.7 Å². The number of aromatic nitrogens is 1. The van der Waals surface area contributed by atoms with Crippen LogP contribution in [-0.4, -0.2) is 28.7 Å². The highest BCUT2D eigenvalue weighted by Crippen LogP contribution is 2.31. The molecule has 1 aliphatic rings. The zero-order chi connectivity index (χ0) is 20.2. The number of hydrogen-bond acceptors (Lipinski definition) is 6. The molecule has 1 saturated carbocycles. The van der Waals surface area contributed by atoms with Gasteiger partial charge in [0, 0.05) is 30.1 Å². The average Bonchev–Trinajstić information content (AvgIpc) is 3.23. The van der Waals surface area contributed by atoms with Crippen molar-refractivity contribution in [3.8, 4) is 0 Å². The fourth-order valence-corrected chi connectivity index (χ4v) is 4.35. The number of hydrogen-bond donors (Lipinski definition) is 2. The fraction of sp³-hybridized carbons (Fsp3) is 0.286. The van der Waals surface area contributed by atoms with Crippen molar-refractivity contribution in [3.63, 3.8) is 0 Å². The molecule has 150 valence electrons. The van der Waals surface area contributed by atoms with Gasteiger partial charge in [-0.25, -0.2) is 4.98 Å². The van der Waals surface area contributed by atoms with Crippen molar-refractivity contribution in [2.75, 3.05) is 17.7 Å². The molecule has 6 nitrogen and oxygen atoms in total. The van der Waals surface area contributed by atoms with Crippen LogP contribution in [0.5, 0.6) is 0 Å². The monoisotopic (exact) mass is 426 g/mol. The van der Waals surface area contributed by atoms with Crippen molar-refractivity contribution in [2.24, 2.45) is 5.92 Å². The van der Waals surface area contributed by atoms with Crippen LogP contribution in [0.1, 0.15) is 33.8 Å². The van der Waals surface area contributed by atoms with Crippen LogP contribution in [-0.2, 0) is 17.9 Å². The number of rotatable bonds is 8. The second-order valence-electron chi connectivity index (χ2n) is 7.23. The van der Waals surface area contributed by atoms with Gasteiger partial charge in [-0.2, -0.15) is 0 Å². The Balaban J connectivity index is 1.34. The van der Waals surface area contributed by atoms with Crippen LogP contribution < -0.4 is 10.6 Å². The van der Waals surface area contributed by atoms with Crippen molar-refractivity contribution in [3.05, 3.63) is 63.4 Å². The molecule has 29 heavy (non-hydrogen) atoms. The summed E-state index contributed by atoms with van der Waals surface area (Å²) >= 11 is 2.89. The molecule has 2 amide bonds. The molecule has 4 rings (SSSR count). The lowest BCUT2D eigenvalue weighted by molar-refractivity contribution is -0.117. The van der Waals surface area contributed by atoms with Gasteiger partial charge < -0.3 is 10.6 Å². The topological polar surface area (TPSA) is 74.3 Å². The molecule has 0 spiro atoms. The van der Waals surface area contributed by atoms with Gasteiger partial charge in [0.1, 0.15) is 0 Å². The van der Waals surface area contributed by atoms with E-state index in [0.29, 0.717) is 9.88 Å². The molecule has 0 atom stereocenters. The molecule has 1 aromatic carbocycles. The van der Waals surface area contributed by atoms with Crippen molar-refractivity contribution < 1.29 is 9.59 Å². The lowest BCUT2D eigenvalue weighted by Crippen LogP contribution is -2.17. The Labute approximate surface area is 177 Å². The van der Waals surface area contributed by atoms with Gasteiger partial charge >= 0.3 is 0 Å². The third kappa shape index (κ3) is 5.50. The normalized spacial score (nSPS) is 13.4. The fourth-order valence-electron chi connectivity index (χ4n) is 3.00. The van der Waals surface area contributed by atoms with Gasteiger partial charge in [-0.05, 0) is 49.7 Å². The van der Waals surface area contributed by atoms with Gasteiger partial charge in [-0.3, -0.25) is 14.5 Å². The maximum absolute atomic E-state index is 12.6. The van der Waals surface area contributed by atoms with Crippen LogP contribution >= 0.6 is 22.7 Å². The Morgan fingerprint density at radius 3 is 2.79 bits per heavy atom. The zero-order valence-electron chi connectivity index (χ0n) is 16.1. The first-order valence-electron chi connectivity index (χ1n) is 9.43. The Morgan fingerprint density at radius 2 is 2.03 bits per heavy atom. The number of carbonyl (C=O) groups is 2. The number of thiazole rings is 1. The summed E-state index contributed by atoms with van der Waals surface area (Å²) in [6, 6.07) is 11.4. The lowest BCUT2D eigenvalue weighted by Gasteiger charge is -2.16. The summed E-state index contributed by atoms with van der Waals surface area (Å²) in [7, 11) is 2.05. The van der Waals surface area contributed by atoms with Gasteiger partial charge in [-0.15, -0.1) is 22.7 Å². The smallest absolute Gasteiger partial charge is 0.265 e. The average molecular weight is 427 g/mol. The molecule has 2 aromatic heterocycles. The van der Waals surface area contributed by atoms with E-state index in [4.69, 9.17) is 0 Å². The molecule has 0 radical (unpaired) electrons. The van der Waals surface area contributed by atoms with E-state index >= 15 is 0 Å². The standard InChI is InChI=1S/C21H22N4O2S2/c1-25(11-17-12-28-13-22-17)10-14-3-2-4-16(9-14)23-21(27)18-7-8-19(29-18)24-20(26)15-5-6-15/h2-4,7-9,12-13,15H,5-6,10-11H2,1H3,(H,23,27)(H,24,26). The minimum atomic E-state index is -0.171. The summed E-state index contributed by atoms with van der Waals surface area (Å²) in [5, 5.41) is 8.59. The molecular formula is C21H22N4O2S2. The first kappa shape index (κ1) is 19.8. The second-order valence-corrected chi connectivity index (χ2v) is 9.04. The van der Waals surface area contributed by atoms with Gasteiger partial charge in [0.25, 0.3) is 5.91 Å². The largest absolute Gasteiger partial charge is 0.321 e. The summed E-state index contributed by atoms with van der Waals surface area (Å²) in [6.07, 6.45) is 1.92. The van der Waals surface area contributed by atoms with Crippen LogP contribution in [0.2, 0.25) is 0 Å². The number of amides is 2. The Kier molecular flexibility index (Phi) is 6.03. The van der Waals surface area contributed by atoms with Crippen LogP contribution in [0, 0.1) is 5.92 Å². The van der Waals surface area contributed by atoms with Crippen molar-refractivity contribution in [1.82, 2.24) is 9.88 Å². The van der Waals surface area contributed by atoms with E-state index in [1.165, 1.54) is 11.3 Å². The van der Waals surface area contributed by atoms with Crippen molar-refractivity contribution in [1.29, 1.82) is 0 Å². The highest BCUT2D eigenvalue weighted by molar-refractivity contribution is 7.18. The zero-order valence-corrected chi connectivity index (χ0v) is 17.7. The second kappa shape index (κ2) is 8.86. The van der Waals surface area contributed by atoms with Gasteiger partial charge in [0.2, 0.25) is 5.91 Å². The Hall–Kier alpha value is -2.55. The summed E-state index contributed by atoms with van der Waals surface area (Å²) in [5.41, 5.74) is 4.77. The Bertz CT molecular complexity index is 996. The van der Waals surface area contributed by atoms with Crippen molar-refractivity contribution in [2.45, 2.75) is 25.9 Å². The van der Waals surface area contributed by atoms with E-state index in [2.05, 4.69) is 25.9 Å². The third-order valence-electron chi connectivity index (χ3n) is 4.58. The van der Waals surface area contributed by atoms with E-state index in [0.717, 1.165) is 42.9 Å². The number of carbonyl (C=O) groups excluding carboxylic acids is 2. The first-order chi connectivity index (χ1) is 14.1. The van der Waals surface area contributed by atoms with Gasteiger partial charge in [0.05, 0.1) is 21.1 Å². The maximum atomic E-state index is 12.6. The third-order valence-corrected chi connectivity index (χ3v) is 6.21. The van der Waals surface area contributed by atoms with Crippen LogP contribution in [0.25, 0.3) is 0 Å². The molecule has 2 heterocycles. The van der Waals surface area contributed by atoms with Crippen LogP contribution in [0.3, 0.4) is 0 Å². The van der Waals surface area contributed by atoms with Gasteiger partial charge in [-0.1, -0.05) is 12.1 Å². The molecule has 0 bridgehead atoms. The van der Waals surface area contributed by atoms with E-state index < -0.39 is 0 Å². The van der Waals surface area contributed by atoms with Crippen molar-refractivity contribution >= 4 is 45.2 Å². The number of benzene rings is 1. The first-order valence-corrected chi connectivity index (χ1v) is 11.2. The van der Waals surface area contributed by atoms with Gasteiger partial charge in [0.15, 0.2) is 0 Å². The summed E-state index contributed by atoms with van der Waals surface area (Å²) in [5.74, 6) is 0.0222. The molecule has 2 N–H and O–H groups in total. The van der Waals surface area contributed by atoms with E-state index in [1.807, 2.05) is 36.8 Å². The highest BCUT2D eigenvalue weighted by atomic mass is 32.1. The Morgan fingerprint density at radius 1 is 1.17 bits per heavy atom. The number of thiophene rings is 1. The quantitative estimate of drug-likeness (QED) is 0.559. The molecular weight excluding hydrogens is 404 g/mol. The number of nitrogens with one attached hydrogen (secondary N) is 2. The lowest BCUT2D eigenvalue weighted by atomic mass is 10.2. The molecule has 0 unspecified atom stereocenters. The minimum absolute atomic E-state index is 0.0493. The summed E-state index contributed by atoms with van der Waals surface area (Å²) < 4.78 is 0. The van der Waals surface area contributed by atoms with E-state index in [1.54, 1.807) is 23.5 Å². The summed E-state index contributed by atoms with van der Waals surface area (Å²) in [6.45, 7) is 1.54. The molecule has 0 aliphatic heterocycles. The van der Waals surface area contributed by atoms with E-state index in [9.17, 15) is 9.59 Å². The van der Waals surface area contributed by atoms with E-state index in [-0.39, 0.29) is 17.7 Å². The predicted octanol–water partition coefficient (Wildman–Crippen LogP) is 4.44. The predicted molar refractivity (Wildman–Crippen MR) is 117 cm³/mol.